The third-order valence-electron chi connectivity index (χ3n) is 1.37. The van der Waals surface area contributed by atoms with Gasteiger partial charge in [-0.05, 0) is 6.92 Å². The molecule has 0 aromatic rings. The summed E-state index contributed by atoms with van der Waals surface area (Å²) in [4.78, 5) is 10.2. The summed E-state index contributed by atoms with van der Waals surface area (Å²) in [5, 5.41) is 8.27. The zero-order valence-electron chi connectivity index (χ0n) is 6.73. The van der Waals surface area contributed by atoms with Crippen LogP contribution in [0.2, 0.25) is 0 Å². The van der Waals surface area contributed by atoms with E-state index in [1.165, 1.54) is 6.92 Å². The van der Waals surface area contributed by atoms with Gasteiger partial charge in [0.05, 0.1) is 0 Å². The quantitative estimate of drug-likeness (QED) is 0.558. The molecule has 0 aromatic carbocycles. The maximum atomic E-state index is 12.3. The van der Waals surface area contributed by atoms with Gasteiger partial charge in [0.25, 0.3) is 0 Å². The molecule has 0 spiro atoms. The fraction of sp³-hybridized carbons (Fsp3) is 0.571. The molecule has 2 nitrogen and oxygen atoms in total. The molecule has 0 heterocycles. The summed E-state index contributed by atoms with van der Waals surface area (Å²) >= 11 is 0. The first-order valence-corrected chi connectivity index (χ1v) is 3.35. The number of halogens is 4. The van der Waals surface area contributed by atoms with Crippen molar-refractivity contribution in [3.63, 3.8) is 0 Å². The normalized spacial score (nSPS) is 13.5. The molecule has 0 unspecified atom stereocenters. The first-order chi connectivity index (χ1) is 5.81. The Balaban J connectivity index is 4.51. The molecular formula is C7H8F4O2. The number of alkyl halides is 4. The van der Waals surface area contributed by atoms with Gasteiger partial charge >= 0.3 is 18.3 Å². The van der Waals surface area contributed by atoms with E-state index in [1.54, 1.807) is 0 Å². The molecule has 0 saturated heterocycles. The number of hydrogen-bond donors (Lipinski definition) is 1. The van der Waals surface area contributed by atoms with Gasteiger partial charge in [-0.3, -0.25) is 0 Å². The van der Waals surface area contributed by atoms with Crippen molar-refractivity contribution in [2.24, 2.45) is 0 Å². The number of carbonyl (C=O) groups is 1. The molecule has 0 aliphatic carbocycles. The lowest BCUT2D eigenvalue weighted by atomic mass is 10.1. The minimum Gasteiger partial charge on any atom is -0.478 e. The topological polar surface area (TPSA) is 37.3 Å². The SMILES string of the molecule is CC=C(CC(F)(F)C(F)F)C(=O)O. The predicted molar refractivity (Wildman–Crippen MR) is 37.0 cm³/mol. The number of aliphatic carboxylic acids is 1. The molecule has 0 saturated carbocycles. The molecule has 0 rings (SSSR count). The van der Waals surface area contributed by atoms with Crippen molar-refractivity contribution in [2.45, 2.75) is 25.7 Å². The van der Waals surface area contributed by atoms with E-state index in [4.69, 9.17) is 5.11 Å². The Bertz CT molecular complexity index is 223. The zero-order valence-corrected chi connectivity index (χ0v) is 6.73. The molecule has 0 atom stereocenters. The zero-order chi connectivity index (χ0) is 10.6. The molecule has 1 N–H and O–H groups in total. The Kier molecular flexibility index (Phi) is 3.90. The van der Waals surface area contributed by atoms with Crippen LogP contribution in [-0.4, -0.2) is 23.4 Å². The van der Waals surface area contributed by atoms with Crippen molar-refractivity contribution in [1.29, 1.82) is 0 Å². The average molecular weight is 200 g/mol. The third-order valence-corrected chi connectivity index (χ3v) is 1.37. The van der Waals surface area contributed by atoms with Crippen molar-refractivity contribution in [2.75, 3.05) is 0 Å². The second-order valence-corrected chi connectivity index (χ2v) is 2.36. The van der Waals surface area contributed by atoms with Crippen LogP contribution in [0.15, 0.2) is 11.6 Å². The first-order valence-electron chi connectivity index (χ1n) is 3.35. The van der Waals surface area contributed by atoms with Crippen LogP contribution in [0.25, 0.3) is 0 Å². The first kappa shape index (κ1) is 11.9. The predicted octanol–water partition coefficient (Wildman–Crippen LogP) is 2.31. The van der Waals surface area contributed by atoms with E-state index in [1.807, 2.05) is 0 Å². The number of hydrogen-bond acceptors (Lipinski definition) is 1. The highest BCUT2D eigenvalue weighted by Crippen LogP contribution is 2.29. The van der Waals surface area contributed by atoms with Crippen molar-refractivity contribution in [1.82, 2.24) is 0 Å². The number of rotatable bonds is 4. The second-order valence-electron chi connectivity index (χ2n) is 2.36. The highest BCUT2D eigenvalue weighted by Gasteiger charge is 2.42. The van der Waals surface area contributed by atoms with Crippen LogP contribution in [-0.2, 0) is 4.79 Å². The highest BCUT2D eigenvalue weighted by atomic mass is 19.3. The largest absolute Gasteiger partial charge is 0.478 e. The van der Waals surface area contributed by atoms with Crippen molar-refractivity contribution >= 4 is 5.97 Å². The molecule has 0 amide bonds. The average Bonchev–Trinajstić information content (AvgIpc) is 1.99. The molecule has 0 fully saturated rings. The Labute approximate surface area is 71.9 Å². The van der Waals surface area contributed by atoms with Gasteiger partial charge in [-0.1, -0.05) is 6.08 Å². The van der Waals surface area contributed by atoms with Crippen LogP contribution in [0.5, 0.6) is 0 Å². The molecule has 0 bridgehead atoms. The molecular weight excluding hydrogens is 192 g/mol. The molecule has 0 aromatic heterocycles. The van der Waals surface area contributed by atoms with E-state index in [2.05, 4.69) is 0 Å². The molecule has 76 valence electrons. The van der Waals surface area contributed by atoms with E-state index >= 15 is 0 Å². The van der Waals surface area contributed by atoms with Gasteiger partial charge in [-0.2, -0.15) is 8.78 Å². The molecule has 0 aliphatic rings. The van der Waals surface area contributed by atoms with E-state index in [9.17, 15) is 22.4 Å². The van der Waals surface area contributed by atoms with Gasteiger partial charge < -0.3 is 5.11 Å². The molecule has 0 radical (unpaired) electrons. The van der Waals surface area contributed by atoms with Gasteiger partial charge in [0, 0.05) is 12.0 Å². The Morgan fingerprint density at radius 3 is 2.23 bits per heavy atom. The minimum atomic E-state index is -4.28. The maximum Gasteiger partial charge on any atom is 0.331 e. The third kappa shape index (κ3) is 3.43. The number of carboxylic acids is 1. The van der Waals surface area contributed by atoms with Crippen LogP contribution in [0.1, 0.15) is 13.3 Å². The fourth-order valence-corrected chi connectivity index (χ4v) is 0.632. The Morgan fingerprint density at radius 1 is 1.54 bits per heavy atom. The van der Waals surface area contributed by atoms with Crippen molar-refractivity contribution in [3.05, 3.63) is 11.6 Å². The lowest BCUT2D eigenvalue weighted by Crippen LogP contribution is -2.28. The lowest BCUT2D eigenvalue weighted by Gasteiger charge is -2.14. The minimum absolute atomic E-state index is 0.717. The molecule has 13 heavy (non-hydrogen) atoms. The van der Waals surface area contributed by atoms with Gasteiger partial charge in [-0.25, -0.2) is 13.6 Å². The Morgan fingerprint density at radius 2 is 2.00 bits per heavy atom. The van der Waals surface area contributed by atoms with Gasteiger partial charge in [0.15, 0.2) is 0 Å². The summed E-state index contributed by atoms with van der Waals surface area (Å²) in [6, 6.07) is 0. The second kappa shape index (κ2) is 4.25. The van der Waals surface area contributed by atoms with Gasteiger partial charge in [0.2, 0.25) is 0 Å². The summed E-state index contributed by atoms with van der Waals surface area (Å²) in [5.41, 5.74) is -0.717. The lowest BCUT2D eigenvalue weighted by molar-refractivity contribution is -0.141. The molecule has 6 heteroatoms. The van der Waals surface area contributed by atoms with Crippen molar-refractivity contribution in [3.8, 4) is 0 Å². The van der Waals surface area contributed by atoms with Gasteiger partial charge in [0.1, 0.15) is 0 Å². The number of carboxylic acid groups (broad SMARTS) is 1. The van der Waals surface area contributed by atoms with E-state index in [-0.39, 0.29) is 0 Å². The monoisotopic (exact) mass is 200 g/mol. The number of allylic oxidation sites excluding steroid dienone is 1. The molecule has 0 aliphatic heterocycles. The van der Waals surface area contributed by atoms with Crippen LogP contribution in [0.4, 0.5) is 17.6 Å². The van der Waals surface area contributed by atoms with Crippen LogP contribution < -0.4 is 0 Å². The van der Waals surface area contributed by atoms with E-state index in [0.29, 0.717) is 0 Å². The Hall–Kier alpha value is -1.07. The van der Waals surface area contributed by atoms with Crippen LogP contribution >= 0.6 is 0 Å². The summed E-state index contributed by atoms with van der Waals surface area (Å²) < 4.78 is 47.8. The summed E-state index contributed by atoms with van der Waals surface area (Å²) in [5.74, 6) is -5.89. The van der Waals surface area contributed by atoms with Crippen LogP contribution in [0, 0.1) is 0 Å². The fourth-order valence-electron chi connectivity index (χ4n) is 0.632. The van der Waals surface area contributed by atoms with E-state index < -0.39 is 30.3 Å². The standard InChI is InChI=1S/C7H8F4O2/c1-2-4(5(12)13)3-7(10,11)6(8)9/h2,6H,3H2,1H3,(H,12,13). The van der Waals surface area contributed by atoms with Gasteiger partial charge in [-0.15, -0.1) is 0 Å². The van der Waals surface area contributed by atoms with E-state index in [0.717, 1.165) is 6.08 Å². The van der Waals surface area contributed by atoms with Crippen molar-refractivity contribution < 1.29 is 27.5 Å². The highest BCUT2D eigenvalue weighted by molar-refractivity contribution is 5.86. The van der Waals surface area contributed by atoms with Crippen LogP contribution in [0.3, 0.4) is 0 Å². The maximum absolute atomic E-state index is 12.3. The smallest absolute Gasteiger partial charge is 0.331 e. The summed E-state index contributed by atoms with van der Waals surface area (Å²) in [7, 11) is 0. The summed E-state index contributed by atoms with van der Waals surface area (Å²) in [6.07, 6.45) is -4.42. The summed E-state index contributed by atoms with van der Waals surface area (Å²) in [6.45, 7) is 1.20.